The molecule has 1 aliphatic heterocycles. The Kier molecular flexibility index (Phi) is 4.23. The van der Waals surface area contributed by atoms with Crippen molar-refractivity contribution in [1.29, 1.82) is 0 Å². The monoisotopic (exact) mass is 419 g/mol. The van der Waals surface area contributed by atoms with E-state index in [4.69, 9.17) is 9.52 Å². The molecule has 1 atom stereocenters. The standard InChI is InChI=1S/C18H14BrNO4S/c19-10-4-5-12-11(9-10)16(22)14-15(13-3-1-8-25-13)20(6-2-7-21)18(23)17(14)24-12/h1,3-5,8-9,15,21H,2,6-7H2. The summed E-state index contributed by atoms with van der Waals surface area (Å²) < 4.78 is 6.60. The van der Waals surface area contributed by atoms with Crippen LogP contribution in [0.1, 0.15) is 33.5 Å². The van der Waals surface area contributed by atoms with Gasteiger partial charge in [0.1, 0.15) is 5.58 Å². The van der Waals surface area contributed by atoms with Crippen molar-refractivity contribution in [3.8, 4) is 0 Å². The highest BCUT2D eigenvalue weighted by molar-refractivity contribution is 9.10. The van der Waals surface area contributed by atoms with E-state index in [1.165, 1.54) is 11.3 Å². The van der Waals surface area contributed by atoms with Crippen LogP contribution in [0.15, 0.2) is 49.4 Å². The van der Waals surface area contributed by atoms with Crippen molar-refractivity contribution in [2.75, 3.05) is 13.2 Å². The third-order valence-electron chi connectivity index (χ3n) is 4.30. The molecular formula is C18H14BrNO4S. The number of aliphatic hydroxyl groups excluding tert-OH is 1. The molecule has 0 saturated carbocycles. The molecule has 0 spiro atoms. The lowest BCUT2D eigenvalue weighted by Crippen LogP contribution is -2.30. The smallest absolute Gasteiger partial charge is 0.290 e. The number of carbonyl (C=O) groups is 1. The summed E-state index contributed by atoms with van der Waals surface area (Å²) in [5.74, 6) is -0.195. The SMILES string of the molecule is O=C1c2oc3ccc(Br)cc3c(=O)c2C(c2cccs2)N1CCCO. The van der Waals surface area contributed by atoms with E-state index in [0.29, 0.717) is 29.5 Å². The lowest BCUT2D eigenvalue weighted by molar-refractivity contribution is 0.0718. The molecule has 1 amide bonds. The van der Waals surface area contributed by atoms with Crippen LogP contribution < -0.4 is 5.43 Å². The number of carbonyl (C=O) groups excluding carboxylic acids is 1. The van der Waals surface area contributed by atoms with Crippen molar-refractivity contribution in [3.05, 3.63) is 66.6 Å². The van der Waals surface area contributed by atoms with Crippen molar-refractivity contribution < 1.29 is 14.3 Å². The van der Waals surface area contributed by atoms with Gasteiger partial charge in [0, 0.05) is 22.5 Å². The van der Waals surface area contributed by atoms with Gasteiger partial charge in [0.05, 0.1) is 17.0 Å². The van der Waals surface area contributed by atoms with Crippen LogP contribution in [0.25, 0.3) is 11.0 Å². The Hall–Kier alpha value is -1.96. The highest BCUT2D eigenvalue weighted by Gasteiger charge is 2.42. The van der Waals surface area contributed by atoms with E-state index < -0.39 is 6.04 Å². The number of hydrogen-bond acceptors (Lipinski definition) is 5. The van der Waals surface area contributed by atoms with Gasteiger partial charge in [-0.15, -0.1) is 11.3 Å². The van der Waals surface area contributed by atoms with Crippen molar-refractivity contribution in [2.45, 2.75) is 12.5 Å². The predicted molar refractivity (Wildman–Crippen MR) is 99.1 cm³/mol. The molecule has 1 aromatic carbocycles. The first-order chi connectivity index (χ1) is 12.1. The van der Waals surface area contributed by atoms with E-state index in [2.05, 4.69) is 15.9 Å². The first-order valence-electron chi connectivity index (χ1n) is 7.83. The quantitative estimate of drug-likeness (QED) is 0.701. The number of thiophene rings is 1. The van der Waals surface area contributed by atoms with E-state index in [0.717, 1.165) is 9.35 Å². The van der Waals surface area contributed by atoms with Crippen LogP contribution >= 0.6 is 27.3 Å². The van der Waals surface area contributed by atoms with Gasteiger partial charge in [-0.25, -0.2) is 0 Å². The Labute approximate surface area is 155 Å². The minimum atomic E-state index is -0.464. The molecule has 3 heterocycles. The second-order valence-corrected chi connectivity index (χ2v) is 7.70. The van der Waals surface area contributed by atoms with E-state index in [1.54, 1.807) is 23.1 Å². The Balaban J connectivity index is 1.97. The summed E-state index contributed by atoms with van der Waals surface area (Å²) in [6, 6.07) is 8.52. The summed E-state index contributed by atoms with van der Waals surface area (Å²) in [6.45, 7) is 0.342. The fraction of sp³-hybridized carbons (Fsp3) is 0.222. The van der Waals surface area contributed by atoms with Gasteiger partial charge >= 0.3 is 0 Å². The number of benzene rings is 1. The highest BCUT2D eigenvalue weighted by Crippen LogP contribution is 2.39. The van der Waals surface area contributed by atoms with E-state index >= 15 is 0 Å². The predicted octanol–water partition coefficient (Wildman–Crippen LogP) is 3.54. The van der Waals surface area contributed by atoms with Crippen LogP contribution in [0.4, 0.5) is 0 Å². The van der Waals surface area contributed by atoms with Crippen LogP contribution in [0.5, 0.6) is 0 Å². The normalized spacial score (nSPS) is 16.6. The maximum absolute atomic E-state index is 13.1. The molecule has 1 aliphatic rings. The zero-order valence-corrected chi connectivity index (χ0v) is 15.5. The molecule has 0 aliphatic carbocycles. The van der Waals surface area contributed by atoms with E-state index in [9.17, 15) is 9.59 Å². The van der Waals surface area contributed by atoms with Gasteiger partial charge < -0.3 is 14.4 Å². The average Bonchev–Trinajstić information content (AvgIpc) is 3.21. The van der Waals surface area contributed by atoms with Gasteiger partial charge in [-0.2, -0.15) is 0 Å². The summed E-state index contributed by atoms with van der Waals surface area (Å²) in [4.78, 5) is 28.5. The van der Waals surface area contributed by atoms with Crippen molar-refractivity contribution in [2.24, 2.45) is 0 Å². The lowest BCUT2D eigenvalue weighted by Gasteiger charge is -2.23. The van der Waals surface area contributed by atoms with Gasteiger partial charge in [-0.3, -0.25) is 9.59 Å². The number of hydrogen-bond donors (Lipinski definition) is 1. The molecule has 0 saturated heterocycles. The zero-order valence-electron chi connectivity index (χ0n) is 13.1. The molecule has 0 bridgehead atoms. The molecule has 4 rings (SSSR count). The Morgan fingerprint density at radius 1 is 1.28 bits per heavy atom. The molecule has 25 heavy (non-hydrogen) atoms. The Bertz CT molecular complexity index is 1010. The van der Waals surface area contributed by atoms with Crippen molar-refractivity contribution in [1.82, 2.24) is 4.90 Å². The summed E-state index contributed by atoms with van der Waals surface area (Å²) >= 11 is 4.87. The van der Waals surface area contributed by atoms with Crippen LogP contribution in [-0.4, -0.2) is 29.1 Å². The summed E-state index contributed by atoms with van der Waals surface area (Å²) in [7, 11) is 0. The Morgan fingerprint density at radius 2 is 2.12 bits per heavy atom. The largest absolute Gasteiger partial charge is 0.450 e. The first kappa shape index (κ1) is 16.5. The molecule has 1 unspecified atom stereocenters. The fourth-order valence-electron chi connectivity index (χ4n) is 3.21. The van der Waals surface area contributed by atoms with Gasteiger partial charge in [0.25, 0.3) is 5.91 Å². The number of rotatable bonds is 4. The van der Waals surface area contributed by atoms with Gasteiger partial charge in [0.15, 0.2) is 5.43 Å². The molecule has 0 fully saturated rings. The van der Waals surface area contributed by atoms with Gasteiger partial charge in [-0.1, -0.05) is 22.0 Å². The number of nitrogens with zero attached hydrogens (tertiary/aromatic N) is 1. The summed E-state index contributed by atoms with van der Waals surface area (Å²) in [5.41, 5.74) is 0.598. The number of amides is 1. The molecule has 5 nitrogen and oxygen atoms in total. The highest BCUT2D eigenvalue weighted by atomic mass is 79.9. The van der Waals surface area contributed by atoms with Crippen LogP contribution in [-0.2, 0) is 0 Å². The molecule has 2 aromatic heterocycles. The third kappa shape index (κ3) is 2.63. The second kappa shape index (κ2) is 6.40. The molecule has 7 heteroatoms. The Morgan fingerprint density at radius 3 is 2.84 bits per heavy atom. The number of aliphatic hydroxyl groups is 1. The van der Waals surface area contributed by atoms with E-state index in [-0.39, 0.29) is 23.7 Å². The van der Waals surface area contributed by atoms with Gasteiger partial charge in [0.2, 0.25) is 5.76 Å². The van der Waals surface area contributed by atoms with Crippen molar-refractivity contribution >= 4 is 44.1 Å². The molecular weight excluding hydrogens is 406 g/mol. The van der Waals surface area contributed by atoms with Gasteiger partial charge in [-0.05, 0) is 36.1 Å². The summed E-state index contributed by atoms with van der Waals surface area (Å²) in [5, 5.41) is 11.5. The topological polar surface area (TPSA) is 70.8 Å². The maximum Gasteiger partial charge on any atom is 0.290 e. The first-order valence-corrected chi connectivity index (χ1v) is 9.50. The number of halogens is 1. The summed E-state index contributed by atoms with van der Waals surface area (Å²) in [6.07, 6.45) is 0.445. The third-order valence-corrected chi connectivity index (χ3v) is 5.72. The molecule has 128 valence electrons. The fourth-order valence-corrected chi connectivity index (χ4v) is 4.41. The number of fused-ring (bicyclic) bond motifs is 2. The minimum Gasteiger partial charge on any atom is -0.450 e. The maximum atomic E-state index is 13.1. The molecule has 1 N–H and O–H groups in total. The average molecular weight is 420 g/mol. The molecule has 0 radical (unpaired) electrons. The molecule has 3 aromatic rings. The van der Waals surface area contributed by atoms with Crippen LogP contribution in [0.3, 0.4) is 0 Å². The minimum absolute atomic E-state index is 0.0203. The van der Waals surface area contributed by atoms with Crippen LogP contribution in [0.2, 0.25) is 0 Å². The van der Waals surface area contributed by atoms with Crippen LogP contribution in [0, 0.1) is 0 Å². The second-order valence-electron chi connectivity index (χ2n) is 5.81. The van der Waals surface area contributed by atoms with Crippen molar-refractivity contribution in [3.63, 3.8) is 0 Å². The van der Waals surface area contributed by atoms with E-state index in [1.807, 2.05) is 17.5 Å². The lowest BCUT2D eigenvalue weighted by atomic mass is 10.0. The zero-order chi connectivity index (χ0) is 17.6.